The molecule has 164 valence electrons. The van der Waals surface area contributed by atoms with Gasteiger partial charge >= 0.3 is 0 Å². The van der Waals surface area contributed by atoms with Gasteiger partial charge in [0.1, 0.15) is 5.82 Å². The zero-order valence-corrected chi connectivity index (χ0v) is 20.0. The summed E-state index contributed by atoms with van der Waals surface area (Å²) in [6.07, 6.45) is 1.09. The first kappa shape index (κ1) is 24.6. The molecule has 30 heavy (non-hydrogen) atoms. The van der Waals surface area contributed by atoms with Crippen LogP contribution in [0.1, 0.15) is 23.1 Å². The van der Waals surface area contributed by atoms with Crippen molar-refractivity contribution >= 4 is 29.9 Å². The number of likely N-dealkylation sites (tertiary alicyclic amines) is 1. The Hall–Kier alpha value is -1.71. The van der Waals surface area contributed by atoms with Crippen LogP contribution in [0, 0.1) is 11.7 Å². The Morgan fingerprint density at radius 2 is 1.97 bits per heavy atom. The van der Waals surface area contributed by atoms with E-state index in [9.17, 15) is 4.39 Å². The monoisotopic (exact) mass is 527 g/mol. The molecule has 0 saturated carbocycles. The fraction of sp³-hybridized carbons (Fsp3) is 0.435. The van der Waals surface area contributed by atoms with Gasteiger partial charge in [0, 0.05) is 45.3 Å². The minimum Gasteiger partial charge on any atom is -0.380 e. The third kappa shape index (κ3) is 7.21. The van der Waals surface area contributed by atoms with Crippen molar-refractivity contribution in [3.63, 3.8) is 0 Å². The maximum Gasteiger partial charge on any atom is 0.193 e. The number of aliphatic imine (C=N–C) groups is 1. The number of rotatable bonds is 8. The first-order valence-corrected chi connectivity index (χ1v) is 10.0. The summed E-state index contributed by atoms with van der Waals surface area (Å²) in [5, 5.41) is 3.39. The van der Waals surface area contributed by atoms with E-state index in [0.717, 1.165) is 37.6 Å². The van der Waals surface area contributed by atoms with Crippen LogP contribution in [-0.2, 0) is 29.2 Å². The average Bonchev–Trinajstić information content (AvgIpc) is 3.20. The van der Waals surface area contributed by atoms with Gasteiger partial charge in [0.15, 0.2) is 5.96 Å². The lowest BCUT2D eigenvalue weighted by Gasteiger charge is -2.22. The van der Waals surface area contributed by atoms with E-state index in [1.807, 2.05) is 24.3 Å². The van der Waals surface area contributed by atoms with E-state index in [4.69, 9.17) is 9.47 Å². The Kier molecular flexibility index (Phi) is 10.5. The van der Waals surface area contributed by atoms with Crippen molar-refractivity contribution in [3.05, 3.63) is 71.0 Å². The van der Waals surface area contributed by atoms with E-state index in [2.05, 4.69) is 27.3 Å². The highest BCUT2D eigenvalue weighted by Gasteiger charge is 2.25. The summed E-state index contributed by atoms with van der Waals surface area (Å²) in [6.45, 7) is 4.14. The molecule has 1 aliphatic heterocycles. The van der Waals surface area contributed by atoms with Crippen molar-refractivity contribution in [2.24, 2.45) is 10.9 Å². The number of benzene rings is 2. The second-order valence-electron chi connectivity index (χ2n) is 7.36. The molecule has 0 spiro atoms. The molecule has 0 amide bonds. The summed E-state index contributed by atoms with van der Waals surface area (Å²) < 4.78 is 24.7. The van der Waals surface area contributed by atoms with Crippen LogP contribution in [0.2, 0.25) is 0 Å². The van der Waals surface area contributed by atoms with Gasteiger partial charge in [-0.25, -0.2) is 4.39 Å². The second-order valence-corrected chi connectivity index (χ2v) is 7.36. The molecular weight excluding hydrogens is 496 g/mol. The Labute approximate surface area is 195 Å². The summed E-state index contributed by atoms with van der Waals surface area (Å²) in [5.74, 6) is 1.13. The number of nitrogens with zero attached hydrogens (tertiary/aromatic N) is 2. The predicted molar refractivity (Wildman–Crippen MR) is 129 cm³/mol. The van der Waals surface area contributed by atoms with Crippen LogP contribution in [0.25, 0.3) is 0 Å². The van der Waals surface area contributed by atoms with Crippen LogP contribution in [0.3, 0.4) is 0 Å². The Bertz CT molecular complexity index is 804. The molecule has 1 aliphatic rings. The largest absolute Gasteiger partial charge is 0.380 e. The van der Waals surface area contributed by atoms with E-state index in [-0.39, 0.29) is 36.4 Å². The van der Waals surface area contributed by atoms with Crippen LogP contribution in [-0.4, -0.2) is 44.7 Å². The molecule has 0 aliphatic carbocycles. The van der Waals surface area contributed by atoms with Crippen molar-refractivity contribution in [2.45, 2.75) is 26.2 Å². The molecule has 2 aromatic rings. The highest BCUT2D eigenvalue weighted by molar-refractivity contribution is 14.0. The molecule has 1 heterocycles. The summed E-state index contributed by atoms with van der Waals surface area (Å²) in [4.78, 5) is 6.68. The molecule has 7 heteroatoms. The fourth-order valence-electron chi connectivity index (χ4n) is 3.60. The van der Waals surface area contributed by atoms with Crippen LogP contribution in [0.5, 0.6) is 0 Å². The SMILES string of the molecule is CN=C(NCc1ccc(F)c(COC)c1)N1CCC(COCc2ccccc2)C1.I. The number of hydrogen-bond acceptors (Lipinski definition) is 3. The number of methoxy groups -OCH3 is 1. The lowest BCUT2D eigenvalue weighted by molar-refractivity contribution is 0.0906. The van der Waals surface area contributed by atoms with Gasteiger partial charge in [0.25, 0.3) is 0 Å². The lowest BCUT2D eigenvalue weighted by atomic mass is 10.1. The molecule has 1 atom stereocenters. The van der Waals surface area contributed by atoms with Gasteiger partial charge in [-0.15, -0.1) is 24.0 Å². The van der Waals surface area contributed by atoms with Gasteiger partial charge in [-0.2, -0.15) is 0 Å². The highest BCUT2D eigenvalue weighted by Crippen LogP contribution is 2.18. The second kappa shape index (κ2) is 12.9. The van der Waals surface area contributed by atoms with Gasteiger partial charge in [-0.05, 0) is 29.7 Å². The average molecular weight is 527 g/mol. The quantitative estimate of drug-likeness (QED) is 0.318. The van der Waals surface area contributed by atoms with Crippen LogP contribution < -0.4 is 5.32 Å². The smallest absolute Gasteiger partial charge is 0.193 e. The molecule has 0 bridgehead atoms. The minimum atomic E-state index is -0.238. The Morgan fingerprint density at radius 3 is 2.70 bits per heavy atom. The maximum absolute atomic E-state index is 13.8. The molecule has 1 N–H and O–H groups in total. The van der Waals surface area contributed by atoms with Crippen molar-refractivity contribution in [1.82, 2.24) is 10.2 Å². The van der Waals surface area contributed by atoms with Crippen molar-refractivity contribution < 1.29 is 13.9 Å². The molecule has 0 aromatic heterocycles. The van der Waals surface area contributed by atoms with E-state index >= 15 is 0 Å². The van der Waals surface area contributed by atoms with E-state index in [1.54, 1.807) is 20.2 Å². The molecule has 2 aromatic carbocycles. The molecule has 1 unspecified atom stereocenters. The summed E-state index contributed by atoms with van der Waals surface area (Å²) >= 11 is 0. The third-order valence-corrected chi connectivity index (χ3v) is 5.12. The fourth-order valence-corrected chi connectivity index (χ4v) is 3.60. The van der Waals surface area contributed by atoms with Crippen molar-refractivity contribution in [3.8, 4) is 0 Å². The number of hydrogen-bond donors (Lipinski definition) is 1. The molecule has 3 rings (SSSR count). The number of ether oxygens (including phenoxy) is 2. The molecule has 5 nitrogen and oxygen atoms in total. The van der Waals surface area contributed by atoms with Crippen LogP contribution in [0.4, 0.5) is 4.39 Å². The normalized spacial score (nSPS) is 16.4. The predicted octanol–water partition coefficient (Wildman–Crippen LogP) is 4.20. The van der Waals surface area contributed by atoms with E-state index < -0.39 is 0 Å². The Balaban J connectivity index is 0.00000320. The van der Waals surface area contributed by atoms with E-state index in [1.165, 1.54) is 11.6 Å². The van der Waals surface area contributed by atoms with Crippen molar-refractivity contribution in [1.29, 1.82) is 0 Å². The molecular formula is C23H31FIN3O2. The summed E-state index contributed by atoms with van der Waals surface area (Å²) in [6, 6.07) is 15.4. The van der Waals surface area contributed by atoms with Gasteiger partial charge in [0.05, 0.1) is 19.8 Å². The maximum atomic E-state index is 13.8. The van der Waals surface area contributed by atoms with Crippen LogP contribution >= 0.6 is 24.0 Å². The summed E-state index contributed by atoms with van der Waals surface area (Å²) in [5.41, 5.74) is 2.77. The van der Waals surface area contributed by atoms with Crippen molar-refractivity contribution in [2.75, 3.05) is 33.9 Å². The Morgan fingerprint density at radius 1 is 1.17 bits per heavy atom. The zero-order valence-electron chi connectivity index (χ0n) is 17.6. The first-order valence-electron chi connectivity index (χ1n) is 10.0. The van der Waals surface area contributed by atoms with Gasteiger partial charge in [-0.1, -0.05) is 36.4 Å². The molecule has 1 saturated heterocycles. The number of nitrogens with one attached hydrogen (secondary N) is 1. The number of halogens is 2. The third-order valence-electron chi connectivity index (χ3n) is 5.12. The molecule has 0 radical (unpaired) electrons. The first-order chi connectivity index (χ1) is 14.2. The van der Waals surface area contributed by atoms with Gasteiger partial charge < -0.3 is 19.7 Å². The van der Waals surface area contributed by atoms with Crippen LogP contribution in [0.15, 0.2) is 53.5 Å². The summed E-state index contributed by atoms with van der Waals surface area (Å²) in [7, 11) is 3.36. The van der Waals surface area contributed by atoms with Gasteiger partial charge in [-0.3, -0.25) is 4.99 Å². The molecule has 1 fully saturated rings. The van der Waals surface area contributed by atoms with E-state index in [0.29, 0.717) is 24.6 Å². The minimum absolute atomic E-state index is 0. The highest BCUT2D eigenvalue weighted by atomic mass is 127. The standard InChI is InChI=1S/C23H30FN3O2.HI/c1-25-23(26-13-19-8-9-22(24)21(12-19)17-28-2)27-11-10-20(14-27)16-29-15-18-6-4-3-5-7-18;/h3-9,12,20H,10-11,13-17H2,1-2H3,(H,25,26);1H. The topological polar surface area (TPSA) is 46.1 Å². The number of guanidine groups is 1. The zero-order chi connectivity index (χ0) is 20.5. The van der Waals surface area contributed by atoms with Gasteiger partial charge in [0.2, 0.25) is 0 Å². The lowest BCUT2D eigenvalue weighted by Crippen LogP contribution is -2.39.